The van der Waals surface area contributed by atoms with E-state index in [2.05, 4.69) is 5.32 Å². The second-order valence-electron chi connectivity index (χ2n) is 9.54. The van der Waals surface area contributed by atoms with Crippen molar-refractivity contribution in [3.05, 3.63) is 65.2 Å². The molecule has 1 atom stereocenters. The number of piperidine rings is 1. The molecule has 1 saturated heterocycles. The van der Waals surface area contributed by atoms with Gasteiger partial charge >= 0.3 is 5.97 Å². The summed E-state index contributed by atoms with van der Waals surface area (Å²) in [4.78, 5) is 39.5. The number of amides is 2. The molecule has 1 aliphatic heterocycles. The molecule has 2 amide bonds. The molecular formula is C26H32N4O5. The number of hydrogen-bond donors (Lipinski definition) is 5. The second-order valence-corrected chi connectivity index (χ2v) is 9.54. The molecule has 0 unspecified atom stereocenters. The average molecular weight is 481 g/mol. The molecule has 0 radical (unpaired) electrons. The van der Waals surface area contributed by atoms with Crippen molar-refractivity contribution in [2.75, 3.05) is 13.1 Å². The van der Waals surface area contributed by atoms with E-state index in [1.165, 1.54) is 12.1 Å². The fourth-order valence-electron chi connectivity index (χ4n) is 4.48. The lowest BCUT2D eigenvalue weighted by Gasteiger charge is -2.40. The molecule has 1 aliphatic rings. The minimum absolute atomic E-state index is 0.0465. The summed E-state index contributed by atoms with van der Waals surface area (Å²) in [5, 5.41) is 29.3. The van der Waals surface area contributed by atoms with E-state index in [0.29, 0.717) is 42.6 Å². The second kappa shape index (κ2) is 10.6. The summed E-state index contributed by atoms with van der Waals surface area (Å²) in [5.74, 6) is -1.34. The predicted octanol–water partition coefficient (Wildman–Crippen LogP) is 2.89. The Morgan fingerprint density at radius 1 is 1.06 bits per heavy atom. The highest BCUT2D eigenvalue weighted by Gasteiger charge is 2.42. The zero-order valence-corrected chi connectivity index (χ0v) is 20.0. The molecule has 9 nitrogen and oxygen atoms in total. The number of likely N-dealkylation sites (tertiary alicyclic amines) is 1. The van der Waals surface area contributed by atoms with Crippen molar-refractivity contribution in [3.63, 3.8) is 0 Å². The number of nitrogen functional groups attached to an aromatic ring is 1. The summed E-state index contributed by atoms with van der Waals surface area (Å²) >= 11 is 0. The van der Waals surface area contributed by atoms with E-state index in [9.17, 15) is 19.5 Å². The van der Waals surface area contributed by atoms with Gasteiger partial charge in [0, 0.05) is 30.6 Å². The lowest BCUT2D eigenvalue weighted by molar-refractivity contribution is -0.144. The topological polar surface area (TPSA) is 157 Å². The van der Waals surface area contributed by atoms with Crippen LogP contribution in [0.4, 0.5) is 0 Å². The predicted molar refractivity (Wildman–Crippen MR) is 131 cm³/mol. The van der Waals surface area contributed by atoms with Crippen LogP contribution in [0.5, 0.6) is 5.75 Å². The van der Waals surface area contributed by atoms with Crippen LogP contribution in [0.3, 0.4) is 0 Å². The van der Waals surface area contributed by atoms with Gasteiger partial charge in [-0.05, 0) is 62.4 Å². The van der Waals surface area contributed by atoms with Crippen molar-refractivity contribution in [3.8, 4) is 5.75 Å². The summed E-state index contributed by atoms with van der Waals surface area (Å²) in [5.41, 5.74) is 5.98. The Bertz CT molecular complexity index is 1090. The van der Waals surface area contributed by atoms with Crippen LogP contribution in [0.2, 0.25) is 0 Å². The van der Waals surface area contributed by atoms with E-state index in [0.717, 1.165) is 0 Å². The number of benzene rings is 2. The fraction of sp³-hybridized carbons (Fsp3) is 0.385. The third-order valence-corrected chi connectivity index (χ3v) is 6.60. The van der Waals surface area contributed by atoms with Crippen LogP contribution >= 0.6 is 0 Å². The number of nitrogens with zero attached hydrogens (tertiary/aromatic N) is 1. The van der Waals surface area contributed by atoms with Crippen molar-refractivity contribution in [2.24, 2.45) is 17.1 Å². The standard InChI is InChI=1S/C26H32N4O5/c1-26(2,25(35)30-13-11-16(12-14-30)15-21(32)33)22(17-7-9-20(31)10-8-17)29-24(34)19-5-3-18(4-6-19)23(27)28/h3-10,16,22,31H,11-15H2,1-2H3,(H3,27,28)(H,29,34)(H,32,33)/t22-/m1/s1. The Kier molecular flexibility index (Phi) is 7.78. The van der Waals surface area contributed by atoms with Crippen LogP contribution in [0.25, 0.3) is 0 Å². The number of aliphatic carboxylic acids is 1. The third kappa shape index (κ3) is 6.17. The first-order valence-corrected chi connectivity index (χ1v) is 11.5. The van der Waals surface area contributed by atoms with Gasteiger partial charge in [0.2, 0.25) is 5.91 Å². The Morgan fingerprint density at radius 3 is 2.11 bits per heavy atom. The highest BCUT2D eigenvalue weighted by Crippen LogP contribution is 2.37. The normalized spacial score (nSPS) is 15.3. The molecule has 3 rings (SSSR count). The number of carbonyl (C=O) groups is 3. The third-order valence-electron chi connectivity index (χ3n) is 6.60. The Hall–Kier alpha value is -3.88. The van der Waals surface area contributed by atoms with Gasteiger partial charge in [0.15, 0.2) is 0 Å². The summed E-state index contributed by atoms with van der Waals surface area (Å²) in [6, 6.07) is 12.0. The quantitative estimate of drug-likeness (QED) is 0.289. The summed E-state index contributed by atoms with van der Waals surface area (Å²) in [7, 11) is 0. The number of amidine groups is 1. The number of phenolic OH excluding ortho intramolecular Hbond substituents is 1. The fourth-order valence-corrected chi connectivity index (χ4v) is 4.48. The monoisotopic (exact) mass is 480 g/mol. The lowest BCUT2D eigenvalue weighted by Crippen LogP contribution is -2.51. The number of hydrogen-bond acceptors (Lipinski definition) is 5. The van der Waals surface area contributed by atoms with Crippen molar-refractivity contribution < 1.29 is 24.6 Å². The van der Waals surface area contributed by atoms with Crippen LogP contribution in [0.15, 0.2) is 48.5 Å². The van der Waals surface area contributed by atoms with Crippen molar-refractivity contribution in [1.29, 1.82) is 5.41 Å². The van der Waals surface area contributed by atoms with E-state index in [-0.39, 0.29) is 35.7 Å². The highest BCUT2D eigenvalue weighted by atomic mass is 16.4. The molecule has 35 heavy (non-hydrogen) atoms. The Labute approximate surface area is 204 Å². The minimum Gasteiger partial charge on any atom is -0.508 e. The van der Waals surface area contributed by atoms with Gasteiger partial charge < -0.3 is 26.2 Å². The smallest absolute Gasteiger partial charge is 0.303 e. The van der Waals surface area contributed by atoms with E-state index >= 15 is 0 Å². The van der Waals surface area contributed by atoms with Crippen molar-refractivity contribution >= 4 is 23.6 Å². The average Bonchev–Trinajstić information content (AvgIpc) is 2.82. The highest BCUT2D eigenvalue weighted by molar-refractivity contribution is 5.98. The number of aromatic hydroxyl groups is 1. The van der Waals surface area contributed by atoms with Gasteiger partial charge in [-0.25, -0.2) is 0 Å². The number of carboxylic acids is 1. The number of nitrogens with one attached hydrogen (secondary N) is 2. The van der Waals surface area contributed by atoms with Gasteiger partial charge in [0.25, 0.3) is 5.91 Å². The molecular weight excluding hydrogens is 448 g/mol. The van der Waals surface area contributed by atoms with E-state index in [4.69, 9.17) is 16.2 Å². The van der Waals surface area contributed by atoms with Crippen molar-refractivity contribution in [1.82, 2.24) is 10.2 Å². The number of carboxylic acid groups (broad SMARTS) is 1. The number of carbonyl (C=O) groups excluding carboxylic acids is 2. The number of phenols is 1. The van der Waals surface area contributed by atoms with Crippen LogP contribution in [-0.4, -0.2) is 51.8 Å². The number of rotatable bonds is 8. The van der Waals surface area contributed by atoms with Gasteiger partial charge in [-0.1, -0.05) is 24.3 Å². The first kappa shape index (κ1) is 25.7. The van der Waals surface area contributed by atoms with E-state index < -0.39 is 17.4 Å². The van der Waals surface area contributed by atoms with Crippen LogP contribution in [0.1, 0.15) is 60.6 Å². The van der Waals surface area contributed by atoms with E-state index in [1.807, 2.05) is 0 Å². The van der Waals surface area contributed by atoms with Crippen LogP contribution in [-0.2, 0) is 9.59 Å². The molecule has 9 heteroatoms. The molecule has 0 aliphatic carbocycles. The maximum absolute atomic E-state index is 13.6. The molecule has 186 valence electrons. The summed E-state index contributed by atoms with van der Waals surface area (Å²) in [6.45, 7) is 4.47. The maximum atomic E-state index is 13.6. The molecule has 0 spiro atoms. The number of nitrogens with two attached hydrogens (primary N) is 1. The zero-order valence-electron chi connectivity index (χ0n) is 20.0. The molecule has 2 aromatic rings. The van der Waals surface area contributed by atoms with E-state index in [1.54, 1.807) is 55.1 Å². The molecule has 0 saturated carbocycles. The SMILES string of the molecule is CC(C)(C(=O)N1CCC(CC(=O)O)CC1)[C@H](NC(=O)c1ccc(C(=N)N)cc1)c1ccc(O)cc1. The molecule has 0 bridgehead atoms. The molecule has 6 N–H and O–H groups in total. The van der Waals surface area contributed by atoms with Gasteiger partial charge in [-0.15, -0.1) is 0 Å². The minimum atomic E-state index is -1.04. The van der Waals surface area contributed by atoms with Crippen LogP contribution in [0, 0.1) is 16.7 Å². The van der Waals surface area contributed by atoms with Gasteiger partial charge in [0.1, 0.15) is 11.6 Å². The van der Waals surface area contributed by atoms with Gasteiger partial charge in [-0.2, -0.15) is 0 Å². The lowest BCUT2D eigenvalue weighted by atomic mass is 9.78. The Balaban J connectivity index is 1.83. The molecule has 0 aromatic heterocycles. The molecule has 1 fully saturated rings. The summed E-state index contributed by atoms with van der Waals surface area (Å²) < 4.78 is 0. The largest absolute Gasteiger partial charge is 0.508 e. The first-order valence-electron chi connectivity index (χ1n) is 11.5. The molecule has 1 heterocycles. The first-order chi connectivity index (χ1) is 16.5. The van der Waals surface area contributed by atoms with Crippen LogP contribution < -0.4 is 11.1 Å². The van der Waals surface area contributed by atoms with Gasteiger partial charge in [-0.3, -0.25) is 19.8 Å². The van der Waals surface area contributed by atoms with Gasteiger partial charge in [0.05, 0.1) is 11.5 Å². The zero-order chi connectivity index (χ0) is 25.8. The Morgan fingerprint density at radius 2 is 1.60 bits per heavy atom. The summed E-state index contributed by atoms with van der Waals surface area (Å²) in [6.07, 6.45) is 1.33. The maximum Gasteiger partial charge on any atom is 0.303 e. The van der Waals surface area contributed by atoms with Crippen molar-refractivity contribution in [2.45, 2.75) is 39.2 Å². The molecule has 2 aromatic carbocycles.